The van der Waals surface area contributed by atoms with Crippen molar-refractivity contribution in [1.82, 2.24) is 19.7 Å². The summed E-state index contributed by atoms with van der Waals surface area (Å²) >= 11 is 7.50. The van der Waals surface area contributed by atoms with Crippen LogP contribution in [0, 0.1) is 6.92 Å². The van der Waals surface area contributed by atoms with E-state index in [1.807, 2.05) is 12.1 Å². The SMILES string of the molecule is Cc1cc(NC(=O)Cc2csc(-c3ccccn3)n2)n(-c2cc(C(F)(F)F)ccc2Cl)n1. The van der Waals surface area contributed by atoms with Crippen LogP contribution in [-0.4, -0.2) is 25.7 Å². The van der Waals surface area contributed by atoms with Gasteiger partial charge in [-0.2, -0.15) is 18.3 Å². The maximum atomic E-state index is 13.1. The molecule has 0 aliphatic carbocycles. The van der Waals surface area contributed by atoms with Crippen molar-refractivity contribution in [2.24, 2.45) is 0 Å². The number of carbonyl (C=O) groups excluding carboxylic acids is 1. The zero-order valence-corrected chi connectivity index (χ0v) is 18.1. The van der Waals surface area contributed by atoms with E-state index >= 15 is 0 Å². The zero-order valence-electron chi connectivity index (χ0n) is 16.5. The summed E-state index contributed by atoms with van der Waals surface area (Å²) in [5, 5.41) is 9.39. The Bertz CT molecular complexity index is 1270. The predicted octanol–water partition coefficient (Wildman–Crippen LogP) is 5.55. The first-order chi connectivity index (χ1) is 15.2. The molecule has 0 bridgehead atoms. The van der Waals surface area contributed by atoms with Gasteiger partial charge < -0.3 is 5.32 Å². The first-order valence-corrected chi connectivity index (χ1v) is 10.6. The number of pyridine rings is 1. The minimum absolute atomic E-state index is 0.0102. The van der Waals surface area contributed by atoms with E-state index in [1.54, 1.807) is 30.6 Å². The van der Waals surface area contributed by atoms with Gasteiger partial charge >= 0.3 is 6.18 Å². The third kappa shape index (κ3) is 4.81. The second-order valence-electron chi connectivity index (χ2n) is 6.83. The van der Waals surface area contributed by atoms with Crippen molar-refractivity contribution in [3.8, 4) is 16.4 Å². The number of nitrogens with one attached hydrogen (secondary N) is 1. The van der Waals surface area contributed by atoms with E-state index in [2.05, 4.69) is 20.4 Å². The first-order valence-electron chi connectivity index (χ1n) is 9.30. The second-order valence-corrected chi connectivity index (χ2v) is 8.10. The van der Waals surface area contributed by atoms with Crippen molar-refractivity contribution in [2.75, 3.05) is 5.32 Å². The predicted molar refractivity (Wildman–Crippen MR) is 116 cm³/mol. The highest BCUT2D eigenvalue weighted by atomic mass is 35.5. The van der Waals surface area contributed by atoms with Crippen LogP contribution in [0.3, 0.4) is 0 Å². The van der Waals surface area contributed by atoms with E-state index in [0.29, 0.717) is 22.1 Å². The number of thiazole rings is 1. The molecule has 0 saturated heterocycles. The number of amides is 1. The number of aryl methyl sites for hydroxylation is 1. The molecule has 6 nitrogen and oxygen atoms in total. The molecular weight excluding hydrogens is 463 g/mol. The van der Waals surface area contributed by atoms with Crippen LogP contribution in [0.1, 0.15) is 17.0 Å². The molecule has 4 aromatic rings. The molecule has 3 aromatic heterocycles. The molecule has 32 heavy (non-hydrogen) atoms. The van der Waals surface area contributed by atoms with Crippen LogP contribution >= 0.6 is 22.9 Å². The fraction of sp³-hybridized carbons (Fsp3) is 0.143. The first kappa shape index (κ1) is 22.0. The minimum atomic E-state index is -4.54. The quantitative estimate of drug-likeness (QED) is 0.409. The fourth-order valence-corrected chi connectivity index (χ4v) is 3.96. The summed E-state index contributed by atoms with van der Waals surface area (Å²) in [4.78, 5) is 21.3. The van der Waals surface area contributed by atoms with Gasteiger partial charge in [0.2, 0.25) is 5.91 Å². The molecule has 0 aliphatic rings. The molecule has 1 aromatic carbocycles. The van der Waals surface area contributed by atoms with E-state index in [9.17, 15) is 18.0 Å². The lowest BCUT2D eigenvalue weighted by Gasteiger charge is -2.13. The Kier molecular flexibility index (Phi) is 5.98. The third-order valence-electron chi connectivity index (χ3n) is 4.38. The molecule has 0 radical (unpaired) electrons. The molecule has 0 atom stereocenters. The highest BCUT2D eigenvalue weighted by Crippen LogP contribution is 2.34. The van der Waals surface area contributed by atoms with Gasteiger partial charge in [-0.25, -0.2) is 9.67 Å². The van der Waals surface area contributed by atoms with Crippen LogP contribution in [0.2, 0.25) is 5.02 Å². The van der Waals surface area contributed by atoms with Crippen molar-refractivity contribution < 1.29 is 18.0 Å². The van der Waals surface area contributed by atoms with E-state index in [4.69, 9.17) is 11.6 Å². The molecule has 0 saturated carbocycles. The van der Waals surface area contributed by atoms with Gasteiger partial charge in [-0.1, -0.05) is 17.7 Å². The Morgan fingerprint density at radius 1 is 1.22 bits per heavy atom. The molecule has 0 fully saturated rings. The third-order valence-corrected chi connectivity index (χ3v) is 5.61. The van der Waals surface area contributed by atoms with Gasteiger partial charge in [0.05, 0.1) is 39.8 Å². The summed E-state index contributed by atoms with van der Waals surface area (Å²) in [6, 6.07) is 9.95. The van der Waals surface area contributed by atoms with Crippen LogP contribution in [0.5, 0.6) is 0 Å². The van der Waals surface area contributed by atoms with Crippen LogP contribution in [-0.2, 0) is 17.4 Å². The number of aromatic nitrogens is 4. The Hall–Kier alpha value is -3.24. The number of hydrogen-bond acceptors (Lipinski definition) is 5. The van der Waals surface area contributed by atoms with Gasteiger partial charge in [-0.3, -0.25) is 9.78 Å². The van der Waals surface area contributed by atoms with E-state index in [1.165, 1.54) is 16.0 Å². The second kappa shape index (κ2) is 8.71. The monoisotopic (exact) mass is 477 g/mol. The lowest BCUT2D eigenvalue weighted by molar-refractivity contribution is -0.137. The van der Waals surface area contributed by atoms with E-state index < -0.39 is 17.6 Å². The van der Waals surface area contributed by atoms with Crippen LogP contribution < -0.4 is 5.32 Å². The molecule has 1 N–H and O–H groups in total. The summed E-state index contributed by atoms with van der Waals surface area (Å²) in [6.07, 6.45) is -2.91. The fourth-order valence-electron chi connectivity index (χ4n) is 2.97. The van der Waals surface area contributed by atoms with Crippen LogP contribution in [0.15, 0.2) is 54.0 Å². The molecule has 4 rings (SSSR count). The number of halogens is 4. The van der Waals surface area contributed by atoms with Crippen molar-refractivity contribution in [3.63, 3.8) is 0 Å². The Labute approximate surface area is 189 Å². The standard InChI is InChI=1S/C21H15ClF3N5OS/c1-12-8-18(30(29-12)17-9-13(21(23,24)25)5-6-15(17)22)28-19(31)10-14-11-32-20(27-14)16-4-2-3-7-26-16/h2-9,11H,10H2,1H3,(H,28,31). The number of anilines is 1. The molecule has 1 amide bonds. The van der Waals surface area contributed by atoms with Crippen molar-refractivity contribution in [1.29, 1.82) is 0 Å². The van der Waals surface area contributed by atoms with Gasteiger partial charge in [0.15, 0.2) is 0 Å². The van der Waals surface area contributed by atoms with Crippen LogP contribution in [0.25, 0.3) is 16.4 Å². The average molecular weight is 478 g/mol. The van der Waals surface area contributed by atoms with E-state index in [0.717, 1.165) is 18.2 Å². The number of alkyl halides is 3. The number of benzene rings is 1. The maximum Gasteiger partial charge on any atom is 0.416 e. The molecule has 0 aliphatic heterocycles. The summed E-state index contributed by atoms with van der Waals surface area (Å²) < 4.78 is 40.6. The summed E-state index contributed by atoms with van der Waals surface area (Å²) in [5.74, 6) is -0.193. The zero-order chi connectivity index (χ0) is 22.9. The lowest BCUT2D eigenvalue weighted by atomic mass is 10.2. The van der Waals surface area contributed by atoms with Gasteiger partial charge in [-0.05, 0) is 37.3 Å². The normalized spacial score (nSPS) is 11.5. The maximum absolute atomic E-state index is 13.1. The number of hydrogen-bond donors (Lipinski definition) is 1. The Morgan fingerprint density at radius 3 is 2.75 bits per heavy atom. The summed E-state index contributed by atoms with van der Waals surface area (Å²) in [6.45, 7) is 1.66. The lowest BCUT2D eigenvalue weighted by Crippen LogP contribution is -2.17. The topological polar surface area (TPSA) is 72.7 Å². The Morgan fingerprint density at radius 2 is 2.03 bits per heavy atom. The largest absolute Gasteiger partial charge is 0.416 e. The van der Waals surface area contributed by atoms with Gasteiger partial charge in [0, 0.05) is 17.6 Å². The average Bonchev–Trinajstić information content (AvgIpc) is 3.34. The molecule has 164 valence electrons. The van der Waals surface area contributed by atoms with Crippen molar-refractivity contribution in [2.45, 2.75) is 19.5 Å². The molecule has 0 unspecified atom stereocenters. The van der Waals surface area contributed by atoms with Gasteiger partial charge in [0.25, 0.3) is 0 Å². The summed E-state index contributed by atoms with van der Waals surface area (Å²) in [7, 11) is 0. The molecule has 11 heteroatoms. The van der Waals surface area contributed by atoms with Gasteiger partial charge in [0.1, 0.15) is 10.8 Å². The van der Waals surface area contributed by atoms with Crippen LogP contribution in [0.4, 0.5) is 19.0 Å². The Balaban J connectivity index is 1.56. The number of carbonyl (C=O) groups is 1. The highest BCUT2D eigenvalue weighted by Gasteiger charge is 2.31. The molecule has 0 spiro atoms. The smallest absolute Gasteiger partial charge is 0.310 e. The number of rotatable bonds is 5. The van der Waals surface area contributed by atoms with E-state index in [-0.39, 0.29) is 22.9 Å². The number of nitrogens with zero attached hydrogens (tertiary/aromatic N) is 4. The van der Waals surface area contributed by atoms with Crippen molar-refractivity contribution >= 4 is 34.7 Å². The van der Waals surface area contributed by atoms with Crippen molar-refractivity contribution in [3.05, 3.63) is 76.0 Å². The highest BCUT2D eigenvalue weighted by molar-refractivity contribution is 7.13. The summed E-state index contributed by atoms with van der Waals surface area (Å²) in [5.41, 5.74) is 0.896. The minimum Gasteiger partial charge on any atom is -0.310 e. The molecule has 3 heterocycles. The van der Waals surface area contributed by atoms with Gasteiger partial charge in [-0.15, -0.1) is 11.3 Å². The molecular formula is C21H15ClF3N5OS.